The summed E-state index contributed by atoms with van der Waals surface area (Å²) in [4.78, 5) is 23.5. The van der Waals surface area contributed by atoms with Gasteiger partial charge in [-0.1, -0.05) is 42.5 Å². The number of ether oxygens (including phenoxy) is 1. The monoisotopic (exact) mass is 419 g/mol. The topological polar surface area (TPSA) is 75.6 Å². The van der Waals surface area contributed by atoms with Crippen molar-refractivity contribution < 1.29 is 23.8 Å². The lowest BCUT2D eigenvalue weighted by Gasteiger charge is -2.18. The molecule has 1 heterocycles. The maximum atomic E-state index is 13.4. The third kappa shape index (κ3) is 4.28. The summed E-state index contributed by atoms with van der Waals surface area (Å²) < 4.78 is 19.5. The van der Waals surface area contributed by atoms with Crippen LogP contribution in [0.5, 0.6) is 5.75 Å². The summed E-state index contributed by atoms with van der Waals surface area (Å²) >= 11 is 0. The number of halogens is 1. The van der Waals surface area contributed by atoms with Crippen LogP contribution in [0, 0.1) is 5.82 Å². The van der Waals surface area contributed by atoms with Crippen LogP contribution in [0.2, 0.25) is 0 Å². The van der Waals surface area contributed by atoms with Crippen molar-refractivity contribution in [3.8, 4) is 16.9 Å². The summed E-state index contributed by atoms with van der Waals surface area (Å²) in [5.41, 5.74) is 4.36. The van der Waals surface area contributed by atoms with Gasteiger partial charge in [-0.2, -0.15) is 0 Å². The summed E-state index contributed by atoms with van der Waals surface area (Å²) in [7, 11) is 1.59. The number of likely N-dealkylation sites (N-methyl/N-ethyl adjacent to an activating group) is 1. The molecule has 2 unspecified atom stereocenters. The van der Waals surface area contributed by atoms with E-state index in [1.165, 1.54) is 12.1 Å². The maximum absolute atomic E-state index is 13.4. The van der Waals surface area contributed by atoms with Crippen molar-refractivity contribution in [1.82, 2.24) is 5.32 Å². The highest BCUT2D eigenvalue weighted by Gasteiger charge is 2.40. The van der Waals surface area contributed by atoms with Gasteiger partial charge in [-0.3, -0.25) is 9.59 Å². The van der Waals surface area contributed by atoms with Crippen LogP contribution in [0.4, 0.5) is 4.39 Å². The maximum Gasteiger partial charge on any atom is 0.303 e. The van der Waals surface area contributed by atoms with Crippen molar-refractivity contribution in [3.05, 3.63) is 89.2 Å². The number of hydrogen-bond acceptors (Lipinski definition) is 3. The Labute approximate surface area is 179 Å². The number of amides is 1. The second-order valence-corrected chi connectivity index (χ2v) is 7.53. The number of aliphatic carboxylic acids is 1. The molecule has 0 aliphatic carbocycles. The van der Waals surface area contributed by atoms with E-state index in [9.17, 15) is 14.0 Å². The number of nitrogens with one attached hydrogen (secondary N) is 1. The predicted molar refractivity (Wildman–Crippen MR) is 114 cm³/mol. The van der Waals surface area contributed by atoms with Gasteiger partial charge in [0.05, 0.1) is 0 Å². The summed E-state index contributed by atoms with van der Waals surface area (Å²) in [6, 6.07) is 19.4. The first-order chi connectivity index (χ1) is 15.0. The number of aryl methyl sites for hydroxylation is 1. The van der Waals surface area contributed by atoms with Crippen LogP contribution in [0.1, 0.15) is 35.1 Å². The van der Waals surface area contributed by atoms with Crippen molar-refractivity contribution >= 4 is 11.9 Å². The highest BCUT2D eigenvalue weighted by molar-refractivity contribution is 5.87. The Hall–Kier alpha value is -3.67. The summed E-state index contributed by atoms with van der Waals surface area (Å²) in [6.45, 7) is 0. The third-order valence-corrected chi connectivity index (χ3v) is 5.54. The molecular weight excluding hydrogens is 397 g/mol. The molecular formula is C25H22FNO4. The van der Waals surface area contributed by atoms with Gasteiger partial charge in [-0.15, -0.1) is 0 Å². The van der Waals surface area contributed by atoms with E-state index in [1.54, 1.807) is 19.2 Å². The van der Waals surface area contributed by atoms with Crippen LogP contribution in [-0.2, 0) is 16.0 Å². The molecule has 0 radical (unpaired) electrons. The van der Waals surface area contributed by atoms with Gasteiger partial charge in [-0.05, 0) is 52.9 Å². The second kappa shape index (κ2) is 8.60. The van der Waals surface area contributed by atoms with Crippen LogP contribution in [-0.4, -0.2) is 24.0 Å². The van der Waals surface area contributed by atoms with Gasteiger partial charge < -0.3 is 15.2 Å². The molecule has 0 fully saturated rings. The third-order valence-electron chi connectivity index (χ3n) is 5.54. The fraction of sp³-hybridized carbons (Fsp3) is 0.200. The summed E-state index contributed by atoms with van der Waals surface area (Å²) in [5.74, 6) is -1.26. The van der Waals surface area contributed by atoms with E-state index in [-0.39, 0.29) is 18.1 Å². The van der Waals surface area contributed by atoms with E-state index in [1.807, 2.05) is 42.5 Å². The average Bonchev–Trinajstić information content (AvgIpc) is 3.16. The number of carboxylic acids is 1. The lowest BCUT2D eigenvalue weighted by molar-refractivity contribution is -0.137. The lowest BCUT2D eigenvalue weighted by atomic mass is 9.88. The molecule has 3 aromatic carbocycles. The zero-order valence-electron chi connectivity index (χ0n) is 17.0. The van der Waals surface area contributed by atoms with Crippen molar-refractivity contribution in [2.75, 3.05) is 7.05 Å². The van der Waals surface area contributed by atoms with Crippen molar-refractivity contribution in [3.63, 3.8) is 0 Å². The molecule has 6 heteroatoms. The molecule has 0 aromatic heterocycles. The highest BCUT2D eigenvalue weighted by atomic mass is 19.1. The van der Waals surface area contributed by atoms with Crippen LogP contribution in [0.25, 0.3) is 11.1 Å². The van der Waals surface area contributed by atoms with E-state index >= 15 is 0 Å². The van der Waals surface area contributed by atoms with Crippen molar-refractivity contribution in [2.45, 2.75) is 24.9 Å². The number of carbonyl (C=O) groups is 2. The van der Waals surface area contributed by atoms with Gasteiger partial charge in [0.15, 0.2) is 0 Å². The Kier molecular flexibility index (Phi) is 5.71. The number of carbonyl (C=O) groups excluding carboxylic acids is 1. The molecule has 31 heavy (non-hydrogen) atoms. The fourth-order valence-corrected chi connectivity index (χ4v) is 3.91. The molecule has 1 aliphatic rings. The van der Waals surface area contributed by atoms with Crippen LogP contribution >= 0.6 is 0 Å². The SMILES string of the molecule is CNC(=O)C1c2cc(-c3ccc(CCC(=O)O)cc3)ccc2OC1c1ccc(F)cc1. The zero-order valence-corrected chi connectivity index (χ0v) is 17.0. The predicted octanol–water partition coefficient (Wildman–Crippen LogP) is 4.47. The molecule has 0 spiro atoms. The molecule has 0 saturated carbocycles. The lowest BCUT2D eigenvalue weighted by Crippen LogP contribution is -2.28. The first kappa shape index (κ1) is 20.6. The number of carboxylic acid groups (broad SMARTS) is 1. The van der Waals surface area contributed by atoms with Gasteiger partial charge in [0.2, 0.25) is 5.91 Å². The molecule has 0 saturated heterocycles. The first-order valence-corrected chi connectivity index (χ1v) is 10.0. The Morgan fingerprint density at radius 3 is 2.32 bits per heavy atom. The first-order valence-electron chi connectivity index (χ1n) is 10.0. The molecule has 2 atom stereocenters. The number of rotatable bonds is 6. The summed E-state index contributed by atoms with van der Waals surface area (Å²) in [5, 5.41) is 11.5. The molecule has 5 nitrogen and oxygen atoms in total. The van der Waals surface area contributed by atoms with E-state index in [0.29, 0.717) is 12.2 Å². The van der Waals surface area contributed by atoms with E-state index in [2.05, 4.69) is 5.32 Å². The molecule has 1 aliphatic heterocycles. The molecule has 1 amide bonds. The van der Waals surface area contributed by atoms with Crippen molar-refractivity contribution in [1.29, 1.82) is 0 Å². The number of benzene rings is 3. The minimum absolute atomic E-state index is 0.0914. The van der Waals surface area contributed by atoms with Crippen LogP contribution in [0.3, 0.4) is 0 Å². The number of hydrogen-bond donors (Lipinski definition) is 2. The molecule has 158 valence electrons. The highest BCUT2D eigenvalue weighted by Crippen LogP contribution is 2.47. The normalized spacial score (nSPS) is 17.0. The standard InChI is InChI=1S/C25H22FNO4/c1-27-25(30)23-20-14-18(16-5-2-15(3-6-16)4-13-22(28)29)9-12-21(20)31-24(23)17-7-10-19(26)11-8-17/h2-3,5-12,14,23-24H,4,13H2,1H3,(H,27,30)(H,28,29). The van der Waals surface area contributed by atoms with Gasteiger partial charge in [-0.25, -0.2) is 4.39 Å². The van der Waals surface area contributed by atoms with Crippen molar-refractivity contribution in [2.24, 2.45) is 0 Å². The quantitative estimate of drug-likeness (QED) is 0.618. The minimum Gasteiger partial charge on any atom is -0.484 e. The molecule has 4 rings (SSSR count). The fourth-order valence-electron chi connectivity index (χ4n) is 3.91. The molecule has 2 N–H and O–H groups in total. The smallest absolute Gasteiger partial charge is 0.303 e. The van der Waals surface area contributed by atoms with Crippen LogP contribution in [0.15, 0.2) is 66.7 Å². The van der Waals surface area contributed by atoms with Gasteiger partial charge in [0.1, 0.15) is 23.6 Å². The van der Waals surface area contributed by atoms with Gasteiger partial charge in [0.25, 0.3) is 0 Å². The van der Waals surface area contributed by atoms with Gasteiger partial charge >= 0.3 is 5.97 Å². The van der Waals surface area contributed by atoms with E-state index in [4.69, 9.17) is 9.84 Å². The Bertz CT molecular complexity index is 1110. The molecule has 0 bridgehead atoms. The van der Waals surface area contributed by atoms with E-state index < -0.39 is 18.0 Å². The van der Waals surface area contributed by atoms with Crippen LogP contribution < -0.4 is 10.1 Å². The second-order valence-electron chi connectivity index (χ2n) is 7.53. The Morgan fingerprint density at radius 2 is 1.68 bits per heavy atom. The van der Waals surface area contributed by atoms with E-state index in [0.717, 1.165) is 27.8 Å². The number of fused-ring (bicyclic) bond motifs is 1. The summed E-state index contributed by atoms with van der Waals surface area (Å²) in [6.07, 6.45) is 0.0315. The van der Waals surface area contributed by atoms with Gasteiger partial charge in [0, 0.05) is 19.0 Å². The minimum atomic E-state index is -0.821. The zero-order chi connectivity index (χ0) is 22.0. The Morgan fingerprint density at radius 1 is 1.00 bits per heavy atom. The largest absolute Gasteiger partial charge is 0.484 e. The average molecular weight is 419 g/mol. The molecule has 3 aromatic rings. The Balaban J connectivity index is 1.65.